The molecular formula is C17H18F2N2O4. The van der Waals surface area contributed by atoms with Gasteiger partial charge in [-0.25, -0.2) is 13.6 Å². The van der Waals surface area contributed by atoms with E-state index < -0.39 is 24.2 Å². The van der Waals surface area contributed by atoms with Gasteiger partial charge >= 0.3 is 5.97 Å². The highest BCUT2D eigenvalue weighted by Gasteiger charge is 2.39. The molecule has 1 aromatic rings. The van der Waals surface area contributed by atoms with Crippen molar-refractivity contribution in [3.63, 3.8) is 0 Å². The molecule has 0 radical (unpaired) electrons. The Morgan fingerprint density at radius 3 is 2.20 bits per heavy atom. The number of likely N-dealkylation sites (tertiary alicyclic amines) is 1. The van der Waals surface area contributed by atoms with E-state index in [0.717, 1.165) is 0 Å². The minimum absolute atomic E-state index is 0.00314. The summed E-state index contributed by atoms with van der Waals surface area (Å²) in [7, 11) is 0. The smallest absolute Gasteiger partial charge is 0.330 e. The zero-order chi connectivity index (χ0) is 18.0. The number of benzene rings is 1. The molecule has 0 unspecified atom stereocenters. The first kappa shape index (κ1) is 17.5. The molecule has 0 aromatic heterocycles. The number of alkyl halides is 2. The minimum atomic E-state index is -2.37. The first-order valence-corrected chi connectivity index (χ1v) is 8.15. The van der Waals surface area contributed by atoms with Crippen molar-refractivity contribution >= 4 is 17.8 Å². The average Bonchev–Trinajstić information content (AvgIpc) is 2.82. The van der Waals surface area contributed by atoms with Gasteiger partial charge in [-0.1, -0.05) is 17.2 Å². The maximum atomic E-state index is 12.4. The number of rotatable bonds is 5. The summed E-state index contributed by atoms with van der Waals surface area (Å²) in [5.74, 6) is -1.97. The Labute approximate surface area is 143 Å². The van der Waals surface area contributed by atoms with Crippen molar-refractivity contribution < 1.29 is 28.0 Å². The van der Waals surface area contributed by atoms with Gasteiger partial charge in [-0.3, -0.25) is 14.5 Å². The zero-order valence-electron chi connectivity index (χ0n) is 13.5. The molecule has 25 heavy (non-hydrogen) atoms. The van der Waals surface area contributed by atoms with E-state index in [1.807, 2.05) is 0 Å². The summed E-state index contributed by atoms with van der Waals surface area (Å²) in [6, 6.07) is 6.26. The fourth-order valence-corrected chi connectivity index (χ4v) is 3.19. The molecule has 6 nitrogen and oxygen atoms in total. The van der Waals surface area contributed by atoms with Crippen molar-refractivity contribution in [1.82, 2.24) is 9.96 Å². The molecular weight excluding hydrogens is 334 g/mol. The van der Waals surface area contributed by atoms with Crippen LogP contribution in [0.3, 0.4) is 0 Å². The molecule has 0 spiro atoms. The Bertz CT molecular complexity index is 652. The second-order valence-electron chi connectivity index (χ2n) is 6.25. The van der Waals surface area contributed by atoms with E-state index in [-0.39, 0.29) is 30.0 Å². The van der Waals surface area contributed by atoms with Crippen molar-refractivity contribution in [2.45, 2.75) is 25.7 Å². The second kappa shape index (κ2) is 7.26. The van der Waals surface area contributed by atoms with Crippen LogP contribution in [-0.2, 0) is 9.63 Å². The molecule has 8 heteroatoms. The monoisotopic (exact) mass is 352 g/mol. The molecule has 1 saturated heterocycles. The minimum Gasteiger partial charge on any atom is -0.330 e. The van der Waals surface area contributed by atoms with E-state index in [2.05, 4.69) is 0 Å². The third-order valence-electron chi connectivity index (χ3n) is 4.51. The Kier molecular flexibility index (Phi) is 5.08. The lowest BCUT2D eigenvalue weighted by atomic mass is 9.94. The van der Waals surface area contributed by atoms with Crippen molar-refractivity contribution in [3.8, 4) is 0 Å². The van der Waals surface area contributed by atoms with E-state index in [0.29, 0.717) is 31.0 Å². The number of amides is 2. The van der Waals surface area contributed by atoms with E-state index in [9.17, 15) is 23.2 Å². The fourth-order valence-electron chi connectivity index (χ4n) is 3.19. The normalized spacial score (nSPS) is 18.8. The number of piperidine rings is 1. The number of nitrogens with zero attached hydrogens (tertiary/aromatic N) is 2. The van der Waals surface area contributed by atoms with Gasteiger partial charge in [0.05, 0.1) is 24.1 Å². The molecule has 2 aliphatic heterocycles. The fraction of sp³-hybridized carbons (Fsp3) is 0.471. The van der Waals surface area contributed by atoms with Crippen molar-refractivity contribution in [3.05, 3.63) is 35.4 Å². The van der Waals surface area contributed by atoms with Crippen molar-refractivity contribution in [2.75, 3.05) is 19.6 Å². The van der Waals surface area contributed by atoms with Crippen LogP contribution in [0, 0.1) is 5.92 Å². The van der Waals surface area contributed by atoms with Crippen LogP contribution in [0.2, 0.25) is 0 Å². The summed E-state index contributed by atoms with van der Waals surface area (Å²) in [5.41, 5.74) is 0.418. The summed E-state index contributed by atoms with van der Waals surface area (Å²) in [6.07, 6.45) is -1.11. The van der Waals surface area contributed by atoms with Crippen LogP contribution in [0.15, 0.2) is 24.3 Å². The van der Waals surface area contributed by atoms with Gasteiger partial charge in [0.15, 0.2) is 0 Å². The maximum Gasteiger partial charge on any atom is 0.333 e. The van der Waals surface area contributed by atoms with Gasteiger partial charge in [-0.15, -0.1) is 0 Å². The molecule has 1 fully saturated rings. The van der Waals surface area contributed by atoms with Crippen LogP contribution < -0.4 is 0 Å². The van der Waals surface area contributed by atoms with E-state index in [4.69, 9.17) is 4.84 Å². The van der Waals surface area contributed by atoms with Gasteiger partial charge in [-0.2, -0.15) is 0 Å². The quantitative estimate of drug-likeness (QED) is 0.760. The molecule has 2 aliphatic rings. The molecule has 2 heterocycles. The SMILES string of the molecule is O=C(CC1CCN(CC(F)F)CC1)ON1C(=O)c2ccccc2C1=O. The van der Waals surface area contributed by atoms with Gasteiger partial charge in [0.25, 0.3) is 18.2 Å². The Balaban J connectivity index is 1.51. The number of hydroxylamine groups is 2. The Morgan fingerprint density at radius 2 is 1.68 bits per heavy atom. The summed E-state index contributed by atoms with van der Waals surface area (Å²) < 4.78 is 24.7. The third kappa shape index (κ3) is 3.84. The second-order valence-corrected chi connectivity index (χ2v) is 6.25. The van der Waals surface area contributed by atoms with Crippen LogP contribution in [0.25, 0.3) is 0 Å². The molecule has 0 N–H and O–H groups in total. The number of hydrogen-bond acceptors (Lipinski definition) is 5. The molecule has 134 valence electrons. The third-order valence-corrected chi connectivity index (χ3v) is 4.51. The molecule has 1 aromatic carbocycles. The van der Waals surface area contributed by atoms with Crippen LogP contribution in [0.4, 0.5) is 8.78 Å². The Hall–Kier alpha value is -2.35. The lowest BCUT2D eigenvalue weighted by molar-refractivity contribution is -0.170. The molecule has 2 amide bonds. The lowest BCUT2D eigenvalue weighted by Crippen LogP contribution is -2.38. The topological polar surface area (TPSA) is 66.9 Å². The van der Waals surface area contributed by atoms with E-state index in [1.165, 1.54) is 12.1 Å². The molecule has 0 atom stereocenters. The highest BCUT2D eigenvalue weighted by molar-refractivity contribution is 6.20. The molecule has 0 bridgehead atoms. The van der Waals surface area contributed by atoms with Gasteiger partial charge in [0.2, 0.25) is 0 Å². The van der Waals surface area contributed by atoms with Gasteiger partial charge in [0.1, 0.15) is 0 Å². The maximum absolute atomic E-state index is 12.4. The van der Waals surface area contributed by atoms with Gasteiger partial charge < -0.3 is 4.84 Å². The van der Waals surface area contributed by atoms with Crippen LogP contribution >= 0.6 is 0 Å². The predicted octanol–water partition coefficient (Wildman–Crippen LogP) is 2.11. The van der Waals surface area contributed by atoms with E-state index >= 15 is 0 Å². The summed E-state index contributed by atoms with van der Waals surface area (Å²) in [5, 5.41) is 0.499. The highest BCUT2D eigenvalue weighted by atomic mass is 19.3. The number of hydrogen-bond donors (Lipinski definition) is 0. The summed E-state index contributed by atoms with van der Waals surface area (Å²) >= 11 is 0. The summed E-state index contributed by atoms with van der Waals surface area (Å²) in [6.45, 7) is 0.733. The number of carbonyl (C=O) groups is 3. The van der Waals surface area contributed by atoms with Gasteiger partial charge in [-0.05, 0) is 44.0 Å². The number of imide groups is 1. The van der Waals surface area contributed by atoms with Crippen LogP contribution in [-0.4, -0.2) is 53.8 Å². The standard InChI is InChI=1S/C17H18F2N2O4/c18-14(19)10-20-7-5-11(6-8-20)9-15(22)25-21-16(23)12-3-1-2-4-13(12)17(21)24/h1-4,11,14H,5-10H2. The average molecular weight is 352 g/mol. The first-order chi connectivity index (χ1) is 12.0. The molecule has 0 saturated carbocycles. The van der Waals surface area contributed by atoms with E-state index in [1.54, 1.807) is 17.0 Å². The first-order valence-electron chi connectivity index (χ1n) is 8.15. The Morgan fingerprint density at radius 1 is 1.12 bits per heavy atom. The number of carbonyl (C=O) groups excluding carboxylic acids is 3. The number of fused-ring (bicyclic) bond motifs is 1. The largest absolute Gasteiger partial charge is 0.333 e. The highest BCUT2D eigenvalue weighted by Crippen LogP contribution is 2.25. The summed E-state index contributed by atoms with van der Waals surface area (Å²) in [4.78, 5) is 43.0. The number of halogens is 2. The van der Waals surface area contributed by atoms with Gasteiger partial charge in [0, 0.05) is 0 Å². The molecule has 3 rings (SSSR count). The van der Waals surface area contributed by atoms with Crippen molar-refractivity contribution in [2.24, 2.45) is 5.92 Å². The molecule has 0 aliphatic carbocycles. The lowest BCUT2D eigenvalue weighted by Gasteiger charge is -2.31. The predicted molar refractivity (Wildman–Crippen MR) is 82.8 cm³/mol. The van der Waals surface area contributed by atoms with Crippen LogP contribution in [0.1, 0.15) is 40.0 Å². The van der Waals surface area contributed by atoms with Crippen LogP contribution in [0.5, 0.6) is 0 Å². The zero-order valence-corrected chi connectivity index (χ0v) is 13.5. The van der Waals surface area contributed by atoms with Crippen molar-refractivity contribution in [1.29, 1.82) is 0 Å².